The van der Waals surface area contributed by atoms with Crippen molar-refractivity contribution < 1.29 is 13.2 Å². The zero-order valence-corrected chi connectivity index (χ0v) is 16.9. The molecular formula is C20H20ClF3N6. The number of halogens is 4. The number of piperidine rings is 1. The average molecular weight is 437 g/mol. The number of rotatable bonds is 4. The molecule has 0 aliphatic carbocycles. The molecule has 3 aromatic rings. The predicted octanol–water partition coefficient (Wildman–Crippen LogP) is 4.71. The molecule has 0 spiro atoms. The molecule has 10 heteroatoms. The van der Waals surface area contributed by atoms with Crippen LogP contribution in [-0.2, 0) is 6.18 Å². The van der Waals surface area contributed by atoms with Gasteiger partial charge in [-0.15, -0.1) is 0 Å². The lowest BCUT2D eigenvalue weighted by Crippen LogP contribution is -2.36. The third kappa shape index (κ3) is 4.57. The molecule has 2 N–H and O–H groups in total. The van der Waals surface area contributed by atoms with Gasteiger partial charge in [0.05, 0.1) is 10.6 Å². The van der Waals surface area contributed by atoms with E-state index >= 15 is 0 Å². The number of benzene rings is 1. The SMILES string of the molecule is CN1CCC(Nc2cccc(-c3nc(-c4ccc(C(F)(F)F)c(Cl)c4)n[nH]3)n2)CC1. The molecule has 1 saturated heterocycles. The molecule has 1 aliphatic rings. The number of hydrogen-bond acceptors (Lipinski definition) is 5. The van der Waals surface area contributed by atoms with Crippen LogP contribution in [-0.4, -0.2) is 51.2 Å². The molecular weight excluding hydrogens is 417 g/mol. The number of pyridine rings is 1. The molecule has 0 bridgehead atoms. The van der Waals surface area contributed by atoms with E-state index in [0.717, 1.165) is 37.8 Å². The van der Waals surface area contributed by atoms with Crippen molar-refractivity contribution in [1.29, 1.82) is 0 Å². The van der Waals surface area contributed by atoms with Crippen molar-refractivity contribution in [2.45, 2.75) is 25.1 Å². The topological polar surface area (TPSA) is 69.7 Å². The van der Waals surface area contributed by atoms with Crippen LogP contribution in [0, 0.1) is 0 Å². The summed E-state index contributed by atoms with van der Waals surface area (Å²) in [6.45, 7) is 2.08. The van der Waals surface area contributed by atoms with Crippen LogP contribution in [0.4, 0.5) is 19.0 Å². The Bertz CT molecular complexity index is 1030. The van der Waals surface area contributed by atoms with E-state index in [4.69, 9.17) is 11.6 Å². The minimum atomic E-state index is -4.51. The summed E-state index contributed by atoms with van der Waals surface area (Å²) in [5, 5.41) is 9.97. The third-order valence-electron chi connectivity index (χ3n) is 5.08. The second-order valence-electron chi connectivity index (χ2n) is 7.33. The highest BCUT2D eigenvalue weighted by molar-refractivity contribution is 6.31. The smallest absolute Gasteiger partial charge is 0.367 e. The lowest BCUT2D eigenvalue weighted by atomic mass is 10.1. The number of hydrogen-bond donors (Lipinski definition) is 2. The molecule has 6 nitrogen and oxygen atoms in total. The molecule has 1 aromatic carbocycles. The monoisotopic (exact) mass is 436 g/mol. The molecule has 1 fully saturated rings. The first-order valence-corrected chi connectivity index (χ1v) is 9.89. The Kier molecular flexibility index (Phi) is 5.66. The Balaban J connectivity index is 1.52. The van der Waals surface area contributed by atoms with Crippen molar-refractivity contribution in [3.05, 3.63) is 47.0 Å². The fourth-order valence-electron chi connectivity index (χ4n) is 3.40. The number of nitrogens with zero attached hydrogens (tertiary/aromatic N) is 4. The van der Waals surface area contributed by atoms with Gasteiger partial charge in [0.15, 0.2) is 11.6 Å². The van der Waals surface area contributed by atoms with E-state index in [0.29, 0.717) is 23.1 Å². The summed E-state index contributed by atoms with van der Waals surface area (Å²) >= 11 is 5.80. The Morgan fingerprint density at radius 1 is 1.13 bits per heavy atom. The number of anilines is 1. The highest BCUT2D eigenvalue weighted by atomic mass is 35.5. The van der Waals surface area contributed by atoms with Gasteiger partial charge >= 0.3 is 6.18 Å². The Morgan fingerprint density at radius 3 is 2.60 bits per heavy atom. The van der Waals surface area contributed by atoms with Crippen molar-refractivity contribution in [2.75, 3.05) is 25.5 Å². The van der Waals surface area contributed by atoms with Crippen LogP contribution in [0.2, 0.25) is 5.02 Å². The lowest BCUT2D eigenvalue weighted by Gasteiger charge is -2.29. The summed E-state index contributed by atoms with van der Waals surface area (Å²) in [6, 6.07) is 9.37. The molecule has 4 rings (SSSR count). The Labute approximate surface area is 176 Å². The van der Waals surface area contributed by atoms with Crippen LogP contribution in [0.5, 0.6) is 0 Å². The van der Waals surface area contributed by atoms with E-state index in [1.807, 2.05) is 12.1 Å². The molecule has 158 valence electrons. The molecule has 0 atom stereocenters. The number of likely N-dealkylation sites (tertiary alicyclic amines) is 1. The average Bonchev–Trinajstić information content (AvgIpc) is 3.19. The van der Waals surface area contributed by atoms with Crippen LogP contribution in [0.1, 0.15) is 18.4 Å². The summed E-state index contributed by atoms with van der Waals surface area (Å²) in [4.78, 5) is 11.3. The van der Waals surface area contributed by atoms with Crippen LogP contribution in [0.15, 0.2) is 36.4 Å². The summed E-state index contributed by atoms with van der Waals surface area (Å²) in [5.74, 6) is 1.42. The zero-order chi connectivity index (χ0) is 21.3. The zero-order valence-electron chi connectivity index (χ0n) is 16.2. The van der Waals surface area contributed by atoms with Crippen molar-refractivity contribution in [3.8, 4) is 22.9 Å². The number of aromatic nitrogens is 4. The van der Waals surface area contributed by atoms with E-state index in [9.17, 15) is 13.2 Å². The largest absolute Gasteiger partial charge is 0.417 e. The predicted molar refractivity (Wildman–Crippen MR) is 109 cm³/mol. The molecule has 30 heavy (non-hydrogen) atoms. The van der Waals surface area contributed by atoms with E-state index in [-0.39, 0.29) is 5.82 Å². The number of nitrogens with one attached hydrogen (secondary N) is 2. The standard InChI is InChI=1S/C20H20ClF3N6/c1-30-9-7-13(8-10-30)25-17-4-2-3-16(26-17)19-27-18(28-29-19)12-5-6-14(15(21)11-12)20(22,23)24/h2-6,11,13H,7-10H2,1H3,(H,25,26)(H,27,28,29). The van der Waals surface area contributed by atoms with Crippen LogP contribution >= 0.6 is 11.6 Å². The van der Waals surface area contributed by atoms with Gasteiger partial charge in [-0.25, -0.2) is 9.97 Å². The molecule has 0 saturated carbocycles. The van der Waals surface area contributed by atoms with Crippen molar-refractivity contribution in [3.63, 3.8) is 0 Å². The van der Waals surface area contributed by atoms with Gasteiger partial charge in [0, 0.05) is 11.6 Å². The van der Waals surface area contributed by atoms with Crippen LogP contribution in [0.3, 0.4) is 0 Å². The first-order chi connectivity index (χ1) is 14.3. The maximum Gasteiger partial charge on any atom is 0.417 e. The quantitative estimate of drug-likeness (QED) is 0.619. The molecule has 0 amide bonds. The van der Waals surface area contributed by atoms with Crippen LogP contribution < -0.4 is 5.32 Å². The lowest BCUT2D eigenvalue weighted by molar-refractivity contribution is -0.137. The Morgan fingerprint density at radius 2 is 1.90 bits per heavy atom. The molecule has 2 aromatic heterocycles. The summed E-state index contributed by atoms with van der Waals surface area (Å²) in [5.41, 5.74) is 0.0822. The maximum atomic E-state index is 12.9. The number of aromatic amines is 1. The van der Waals surface area contributed by atoms with Gasteiger partial charge in [-0.05, 0) is 57.2 Å². The van der Waals surface area contributed by atoms with Crippen molar-refractivity contribution in [2.24, 2.45) is 0 Å². The summed E-state index contributed by atoms with van der Waals surface area (Å²) < 4.78 is 38.7. The molecule has 0 radical (unpaired) electrons. The van der Waals surface area contributed by atoms with Gasteiger partial charge < -0.3 is 10.2 Å². The first kappa shape index (κ1) is 20.6. The highest BCUT2D eigenvalue weighted by Crippen LogP contribution is 2.36. The summed E-state index contributed by atoms with van der Waals surface area (Å²) in [7, 11) is 2.11. The van der Waals surface area contributed by atoms with Gasteiger partial charge in [-0.3, -0.25) is 5.10 Å². The van der Waals surface area contributed by atoms with Crippen molar-refractivity contribution in [1.82, 2.24) is 25.1 Å². The molecule has 3 heterocycles. The minimum Gasteiger partial charge on any atom is -0.367 e. The van der Waals surface area contributed by atoms with Gasteiger partial charge in [-0.2, -0.15) is 18.3 Å². The maximum absolute atomic E-state index is 12.9. The van der Waals surface area contributed by atoms with Crippen molar-refractivity contribution >= 4 is 17.4 Å². The van der Waals surface area contributed by atoms with Gasteiger partial charge in [0.25, 0.3) is 0 Å². The molecule has 1 aliphatic heterocycles. The fraction of sp³-hybridized carbons (Fsp3) is 0.350. The first-order valence-electron chi connectivity index (χ1n) is 9.51. The van der Waals surface area contributed by atoms with E-state index in [2.05, 4.69) is 37.4 Å². The Hall–Kier alpha value is -2.65. The van der Waals surface area contributed by atoms with E-state index in [1.54, 1.807) is 6.07 Å². The number of alkyl halides is 3. The second-order valence-corrected chi connectivity index (χ2v) is 7.74. The van der Waals surface area contributed by atoms with Gasteiger partial charge in [0.2, 0.25) is 0 Å². The second kappa shape index (κ2) is 8.23. The van der Waals surface area contributed by atoms with E-state index in [1.165, 1.54) is 12.1 Å². The normalized spacial score (nSPS) is 16.0. The van der Waals surface area contributed by atoms with Gasteiger partial charge in [-0.1, -0.05) is 23.7 Å². The minimum absolute atomic E-state index is 0.246. The summed E-state index contributed by atoms with van der Waals surface area (Å²) in [6.07, 6.45) is -2.42. The highest BCUT2D eigenvalue weighted by Gasteiger charge is 2.33. The van der Waals surface area contributed by atoms with E-state index < -0.39 is 16.8 Å². The fourth-order valence-corrected chi connectivity index (χ4v) is 3.69. The van der Waals surface area contributed by atoms with Gasteiger partial charge in [0.1, 0.15) is 11.5 Å². The third-order valence-corrected chi connectivity index (χ3v) is 5.39. The molecule has 0 unspecified atom stereocenters. The number of H-pyrrole nitrogens is 1. The van der Waals surface area contributed by atoms with Crippen LogP contribution in [0.25, 0.3) is 22.9 Å².